The van der Waals surface area contributed by atoms with Crippen LogP contribution in [0.3, 0.4) is 0 Å². The van der Waals surface area contributed by atoms with Crippen LogP contribution in [-0.4, -0.2) is 36.8 Å². The van der Waals surface area contributed by atoms with Gasteiger partial charge in [0.2, 0.25) is 5.91 Å². The lowest BCUT2D eigenvalue weighted by Crippen LogP contribution is -2.27. The van der Waals surface area contributed by atoms with Gasteiger partial charge in [-0.3, -0.25) is 4.79 Å². The number of benzene rings is 1. The minimum absolute atomic E-state index is 0.157. The number of rotatable bonds is 2. The van der Waals surface area contributed by atoms with Gasteiger partial charge in [-0.1, -0.05) is 18.2 Å². The molecule has 0 spiro atoms. The minimum atomic E-state index is -5.08. The van der Waals surface area contributed by atoms with Gasteiger partial charge in [-0.15, -0.1) is 0 Å². The number of nitrogens with one attached hydrogen (secondary N) is 1. The van der Waals surface area contributed by atoms with Crippen molar-refractivity contribution in [3.63, 3.8) is 0 Å². The van der Waals surface area contributed by atoms with Crippen molar-refractivity contribution in [3.05, 3.63) is 40.9 Å². The number of nitrogens with zero attached hydrogens (tertiary/aromatic N) is 1. The van der Waals surface area contributed by atoms with Gasteiger partial charge < -0.3 is 15.3 Å². The van der Waals surface area contributed by atoms with Gasteiger partial charge in [-0.25, -0.2) is 4.79 Å². The molecule has 1 aromatic carbocycles. The first-order valence-electron chi connectivity index (χ1n) is 6.80. The van der Waals surface area contributed by atoms with Crippen molar-refractivity contribution in [2.45, 2.75) is 19.1 Å². The number of hydrogen-bond donors (Lipinski definition) is 2. The summed E-state index contributed by atoms with van der Waals surface area (Å²) in [5.74, 6) is -2.91. The first-order valence-corrected chi connectivity index (χ1v) is 7.18. The summed E-state index contributed by atoms with van der Waals surface area (Å²) in [6.45, 7) is 5.28. The number of alkyl halides is 3. The van der Waals surface area contributed by atoms with Gasteiger partial charge in [0.15, 0.2) is 0 Å². The number of halogens is 4. The zero-order valence-corrected chi connectivity index (χ0v) is 13.5. The molecule has 0 aliphatic carbocycles. The van der Waals surface area contributed by atoms with E-state index in [0.29, 0.717) is 5.02 Å². The molecule has 132 valence electrons. The number of fused-ring (bicyclic) bond motifs is 1. The zero-order chi connectivity index (χ0) is 18.5. The number of likely N-dealkylation sites (N-methyl/N-ethyl adjacent to an activating group) is 1. The normalized spacial score (nSPS) is 13.2. The third kappa shape index (κ3) is 5.24. The lowest BCUT2D eigenvalue weighted by atomic mass is 10.00. The molecule has 1 aliphatic rings. The van der Waals surface area contributed by atoms with Crippen LogP contribution in [0.1, 0.15) is 11.1 Å². The Morgan fingerprint density at radius 3 is 2.46 bits per heavy atom. The van der Waals surface area contributed by atoms with Crippen molar-refractivity contribution in [2.24, 2.45) is 0 Å². The Kier molecular flexibility index (Phi) is 6.80. The number of carbonyl (C=O) groups is 2. The molecule has 1 aromatic rings. The van der Waals surface area contributed by atoms with E-state index in [9.17, 15) is 18.0 Å². The van der Waals surface area contributed by atoms with Crippen molar-refractivity contribution in [1.29, 1.82) is 0 Å². The van der Waals surface area contributed by atoms with Gasteiger partial charge in [0.1, 0.15) is 0 Å². The fourth-order valence-corrected chi connectivity index (χ4v) is 2.32. The number of amides is 1. The summed E-state index contributed by atoms with van der Waals surface area (Å²) in [7, 11) is 1.70. The van der Waals surface area contributed by atoms with Gasteiger partial charge in [0.05, 0.1) is 10.7 Å². The highest BCUT2D eigenvalue weighted by atomic mass is 35.5. The molecule has 0 radical (unpaired) electrons. The quantitative estimate of drug-likeness (QED) is 0.792. The molecule has 2 rings (SSSR count). The number of anilines is 1. The Morgan fingerprint density at radius 2 is 1.96 bits per heavy atom. The SMILES string of the molecule is C=CC(=O)N(C)c1cc2c(cc1Cl)CCNC2.O=C(O)C(F)(F)F. The van der Waals surface area contributed by atoms with E-state index in [4.69, 9.17) is 21.5 Å². The molecule has 0 bridgehead atoms. The largest absolute Gasteiger partial charge is 0.490 e. The van der Waals surface area contributed by atoms with Crippen LogP contribution in [0.2, 0.25) is 5.02 Å². The van der Waals surface area contributed by atoms with E-state index < -0.39 is 12.1 Å². The predicted octanol–water partition coefficient (Wildman–Crippen LogP) is 2.77. The predicted molar refractivity (Wildman–Crippen MR) is 84.2 cm³/mol. The molecule has 1 amide bonds. The number of carboxylic acid groups (broad SMARTS) is 1. The molecule has 0 saturated heterocycles. The number of carboxylic acids is 1. The van der Waals surface area contributed by atoms with E-state index in [1.54, 1.807) is 7.05 Å². The fraction of sp³-hybridized carbons (Fsp3) is 0.333. The smallest absolute Gasteiger partial charge is 0.475 e. The zero-order valence-electron chi connectivity index (χ0n) is 12.8. The highest BCUT2D eigenvalue weighted by Gasteiger charge is 2.38. The van der Waals surface area contributed by atoms with Gasteiger partial charge in [-0.05, 0) is 42.3 Å². The topological polar surface area (TPSA) is 69.6 Å². The average Bonchev–Trinajstić information content (AvgIpc) is 2.52. The molecule has 24 heavy (non-hydrogen) atoms. The number of hydrogen-bond acceptors (Lipinski definition) is 3. The Hall–Kier alpha value is -2.06. The van der Waals surface area contributed by atoms with Crippen molar-refractivity contribution in [2.75, 3.05) is 18.5 Å². The van der Waals surface area contributed by atoms with Crippen molar-refractivity contribution in [1.82, 2.24) is 5.32 Å². The first-order chi connectivity index (χ1) is 11.1. The van der Waals surface area contributed by atoms with E-state index in [1.807, 2.05) is 12.1 Å². The maximum Gasteiger partial charge on any atom is 0.490 e. The summed E-state index contributed by atoms with van der Waals surface area (Å²) in [6, 6.07) is 3.94. The van der Waals surface area contributed by atoms with Crippen LogP contribution >= 0.6 is 11.6 Å². The Labute approximate surface area is 141 Å². The van der Waals surface area contributed by atoms with Crippen LogP contribution in [-0.2, 0) is 22.6 Å². The van der Waals surface area contributed by atoms with E-state index >= 15 is 0 Å². The van der Waals surface area contributed by atoms with Gasteiger partial charge in [-0.2, -0.15) is 13.2 Å². The molecule has 1 heterocycles. The van der Waals surface area contributed by atoms with Gasteiger partial charge in [0, 0.05) is 13.6 Å². The van der Waals surface area contributed by atoms with E-state index in [1.165, 1.54) is 22.1 Å². The summed E-state index contributed by atoms with van der Waals surface area (Å²) in [5, 5.41) is 11.0. The summed E-state index contributed by atoms with van der Waals surface area (Å²) in [5.41, 5.74) is 3.20. The highest BCUT2D eigenvalue weighted by molar-refractivity contribution is 6.34. The Morgan fingerprint density at radius 1 is 1.38 bits per heavy atom. The van der Waals surface area contributed by atoms with E-state index in [2.05, 4.69) is 11.9 Å². The standard InChI is InChI=1S/C13H15ClN2O.C2HF3O2/c1-3-13(17)16(2)12-7-10-8-15-5-4-9(10)6-11(12)14;3-2(4,5)1(6)7/h3,6-7,15H,1,4-5,8H2,2H3;(H,6,7). The Balaban J connectivity index is 0.000000351. The molecule has 0 unspecified atom stereocenters. The highest BCUT2D eigenvalue weighted by Crippen LogP contribution is 2.30. The molecule has 1 aliphatic heterocycles. The van der Waals surface area contributed by atoms with Crippen LogP contribution in [0.4, 0.5) is 18.9 Å². The molecular formula is C15H16ClF3N2O3. The molecule has 0 saturated carbocycles. The molecule has 9 heteroatoms. The maximum absolute atomic E-state index is 11.6. The second-order valence-corrected chi connectivity index (χ2v) is 5.31. The van der Waals surface area contributed by atoms with Crippen molar-refractivity contribution in [3.8, 4) is 0 Å². The van der Waals surface area contributed by atoms with Gasteiger partial charge in [0.25, 0.3) is 0 Å². The van der Waals surface area contributed by atoms with Crippen LogP contribution in [0.5, 0.6) is 0 Å². The third-order valence-corrected chi connectivity index (χ3v) is 3.57. The fourth-order valence-electron chi connectivity index (χ4n) is 2.00. The molecular weight excluding hydrogens is 349 g/mol. The summed E-state index contributed by atoms with van der Waals surface area (Å²) in [4.78, 5) is 22.0. The van der Waals surface area contributed by atoms with Crippen molar-refractivity contribution < 1.29 is 27.9 Å². The lowest BCUT2D eigenvalue weighted by molar-refractivity contribution is -0.192. The molecule has 2 N–H and O–H groups in total. The Bertz CT molecular complexity index is 648. The van der Waals surface area contributed by atoms with E-state index in [0.717, 1.165) is 25.2 Å². The van der Waals surface area contributed by atoms with Gasteiger partial charge >= 0.3 is 12.1 Å². The molecule has 0 aromatic heterocycles. The van der Waals surface area contributed by atoms with Crippen LogP contribution in [0, 0.1) is 0 Å². The average molecular weight is 365 g/mol. The summed E-state index contributed by atoms with van der Waals surface area (Å²) < 4.78 is 31.7. The number of aliphatic carboxylic acids is 1. The third-order valence-electron chi connectivity index (χ3n) is 3.26. The summed E-state index contributed by atoms with van der Waals surface area (Å²) >= 11 is 6.21. The number of carbonyl (C=O) groups excluding carboxylic acids is 1. The maximum atomic E-state index is 11.6. The summed E-state index contributed by atoms with van der Waals surface area (Å²) in [6.07, 6.45) is -2.82. The monoisotopic (exact) mass is 364 g/mol. The molecule has 0 fully saturated rings. The lowest BCUT2D eigenvalue weighted by Gasteiger charge is -2.22. The van der Waals surface area contributed by atoms with Crippen LogP contribution < -0.4 is 10.2 Å². The second-order valence-electron chi connectivity index (χ2n) is 4.90. The van der Waals surface area contributed by atoms with E-state index in [-0.39, 0.29) is 5.91 Å². The van der Waals surface area contributed by atoms with Crippen LogP contribution in [0.15, 0.2) is 24.8 Å². The van der Waals surface area contributed by atoms with Crippen LogP contribution in [0.25, 0.3) is 0 Å². The molecule has 0 atom stereocenters. The first kappa shape index (κ1) is 20.0. The minimum Gasteiger partial charge on any atom is -0.475 e. The van der Waals surface area contributed by atoms with Crippen molar-refractivity contribution >= 4 is 29.2 Å². The second kappa shape index (κ2) is 8.16. The molecule has 5 nitrogen and oxygen atoms in total.